The van der Waals surface area contributed by atoms with Gasteiger partial charge in [-0.25, -0.2) is 8.78 Å². The van der Waals surface area contributed by atoms with E-state index < -0.39 is 11.6 Å². The van der Waals surface area contributed by atoms with Gasteiger partial charge in [0.2, 0.25) is 0 Å². The SMILES string of the molecule is NC(=S)n1nc(-c2ccc(F)cc2F)c2c1NCCCC2. The van der Waals surface area contributed by atoms with Crippen LogP contribution in [0.4, 0.5) is 14.6 Å². The molecule has 7 heteroatoms. The minimum Gasteiger partial charge on any atom is -0.374 e. The molecule has 0 spiro atoms. The van der Waals surface area contributed by atoms with Gasteiger partial charge in [-0.2, -0.15) is 9.78 Å². The number of rotatable bonds is 1. The van der Waals surface area contributed by atoms with Crippen molar-refractivity contribution in [3.05, 3.63) is 35.4 Å². The van der Waals surface area contributed by atoms with Gasteiger partial charge in [-0.3, -0.25) is 0 Å². The van der Waals surface area contributed by atoms with E-state index in [1.54, 1.807) is 0 Å². The number of nitrogens with one attached hydrogen (secondary N) is 1. The Kier molecular flexibility index (Phi) is 3.59. The molecule has 0 amide bonds. The summed E-state index contributed by atoms with van der Waals surface area (Å²) in [5.74, 6) is -0.553. The maximum absolute atomic E-state index is 14.0. The van der Waals surface area contributed by atoms with Crippen molar-refractivity contribution in [1.82, 2.24) is 9.78 Å². The molecule has 1 aromatic heterocycles. The van der Waals surface area contributed by atoms with Gasteiger partial charge in [0.05, 0.1) is 0 Å². The van der Waals surface area contributed by atoms with Crippen molar-refractivity contribution in [1.29, 1.82) is 0 Å². The molecule has 0 radical (unpaired) electrons. The van der Waals surface area contributed by atoms with Crippen molar-refractivity contribution < 1.29 is 8.78 Å². The Morgan fingerprint density at radius 1 is 1.33 bits per heavy atom. The van der Waals surface area contributed by atoms with Crippen LogP contribution in [-0.2, 0) is 6.42 Å². The third-order valence-corrected chi connectivity index (χ3v) is 3.70. The first-order valence-electron chi connectivity index (χ1n) is 6.69. The molecule has 21 heavy (non-hydrogen) atoms. The fourth-order valence-electron chi connectivity index (χ4n) is 2.56. The predicted octanol–water partition coefficient (Wildman–Crippen LogP) is 2.67. The summed E-state index contributed by atoms with van der Waals surface area (Å²) in [4.78, 5) is 0. The van der Waals surface area contributed by atoms with E-state index in [4.69, 9.17) is 18.0 Å². The van der Waals surface area contributed by atoms with Crippen molar-refractivity contribution in [2.75, 3.05) is 11.9 Å². The molecular formula is C14H14F2N4S. The van der Waals surface area contributed by atoms with Gasteiger partial charge >= 0.3 is 0 Å². The molecule has 1 aliphatic heterocycles. The van der Waals surface area contributed by atoms with Gasteiger partial charge in [-0.05, 0) is 43.6 Å². The average molecular weight is 308 g/mol. The molecule has 0 atom stereocenters. The summed E-state index contributed by atoms with van der Waals surface area (Å²) in [5.41, 5.74) is 7.27. The second-order valence-corrected chi connectivity index (χ2v) is 5.35. The number of hydrogen-bond donors (Lipinski definition) is 2. The maximum Gasteiger partial charge on any atom is 0.193 e. The number of nitrogens with two attached hydrogens (primary N) is 1. The number of halogens is 2. The lowest BCUT2D eigenvalue weighted by molar-refractivity contribution is 0.585. The van der Waals surface area contributed by atoms with Crippen LogP contribution in [0.1, 0.15) is 18.4 Å². The summed E-state index contributed by atoms with van der Waals surface area (Å²) in [7, 11) is 0. The Bertz CT molecular complexity index is 711. The van der Waals surface area contributed by atoms with Crippen molar-refractivity contribution in [3.63, 3.8) is 0 Å². The van der Waals surface area contributed by atoms with Gasteiger partial charge in [-0.15, -0.1) is 0 Å². The summed E-state index contributed by atoms with van der Waals surface area (Å²) in [6.45, 7) is 0.784. The molecule has 2 heterocycles. The molecule has 4 nitrogen and oxygen atoms in total. The number of anilines is 1. The van der Waals surface area contributed by atoms with Crippen LogP contribution in [0, 0.1) is 11.6 Å². The summed E-state index contributed by atoms with van der Waals surface area (Å²) in [5, 5.41) is 7.64. The van der Waals surface area contributed by atoms with Gasteiger partial charge in [0.15, 0.2) is 5.11 Å². The van der Waals surface area contributed by atoms with Crippen LogP contribution in [0.2, 0.25) is 0 Å². The number of thiocarbonyl (C=S) groups is 1. The number of hydrogen-bond acceptors (Lipinski definition) is 3. The lowest BCUT2D eigenvalue weighted by Crippen LogP contribution is -2.22. The van der Waals surface area contributed by atoms with Gasteiger partial charge in [-0.1, -0.05) is 0 Å². The summed E-state index contributed by atoms with van der Waals surface area (Å²) in [6.07, 6.45) is 2.70. The molecule has 0 unspecified atom stereocenters. The Labute approximate surface area is 125 Å². The number of fused-ring (bicyclic) bond motifs is 1. The van der Waals surface area contributed by atoms with Gasteiger partial charge in [0, 0.05) is 23.7 Å². The van der Waals surface area contributed by atoms with E-state index in [0.29, 0.717) is 11.5 Å². The van der Waals surface area contributed by atoms with Crippen LogP contribution in [0.15, 0.2) is 18.2 Å². The summed E-state index contributed by atoms with van der Waals surface area (Å²) in [6, 6.07) is 3.46. The van der Waals surface area contributed by atoms with E-state index >= 15 is 0 Å². The fourth-order valence-corrected chi connectivity index (χ4v) is 2.69. The minimum atomic E-state index is -0.644. The minimum absolute atomic E-state index is 0.0921. The first-order chi connectivity index (χ1) is 10.1. The molecule has 110 valence electrons. The molecule has 1 aromatic carbocycles. The summed E-state index contributed by atoms with van der Waals surface area (Å²) >= 11 is 4.99. The zero-order valence-electron chi connectivity index (χ0n) is 11.2. The summed E-state index contributed by atoms with van der Waals surface area (Å²) < 4.78 is 28.5. The standard InChI is InChI=1S/C14H14F2N4S/c15-8-4-5-9(11(16)7-8)12-10-3-1-2-6-18-13(10)20(19-12)14(17)21/h4-5,7,18H,1-3,6H2,(H2,17,21). The Morgan fingerprint density at radius 2 is 2.14 bits per heavy atom. The topological polar surface area (TPSA) is 55.9 Å². The maximum atomic E-state index is 14.0. The third kappa shape index (κ3) is 2.49. The molecule has 0 saturated heterocycles. The lowest BCUT2D eigenvalue weighted by atomic mass is 10.0. The quantitative estimate of drug-likeness (QED) is 0.795. The monoisotopic (exact) mass is 308 g/mol. The van der Waals surface area contributed by atoms with Crippen LogP contribution >= 0.6 is 12.2 Å². The van der Waals surface area contributed by atoms with E-state index in [0.717, 1.165) is 37.4 Å². The van der Waals surface area contributed by atoms with Crippen LogP contribution in [-0.4, -0.2) is 21.4 Å². The van der Waals surface area contributed by atoms with Crippen molar-refractivity contribution >= 4 is 23.1 Å². The highest BCUT2D eigenvalue weighted by Crippen LogP contribution is 2.33. The number of nitrogens with zero attached hydrogens (tertiary/aromatic N) is 2. The third-order valence-electron chi connectivity index (χ3n) is 3.52. The van der Waals surface area contributed by atoms with Gasteiger partial charge in [0.1, 0.15) is 23.1 Å². The zero-order valence-corrected chi connectivity index (χ0v) is 12.0. The van der Waals surface area contributed by atoms with E-state index in [9.17, 15) is 8.78 Å². The fraction of sp³-hybridized carbons (Fsp3) is 0.286. The van der Waals surface area contributed by atoms with Crippen LogP contribution < -0.4 is 11.1 Å². The van der Waals surface area contributed by atoms with Crippen molar-refractivity contribution in [2.45, 2.75) is 19.3 Å². The Hall–Kier alpha value is -2.02. The molecule has 3 rings (SSSR count). The van der Waals surface area contributed by atoms with E-state index in [-0.39, 0.29) is 10.7 Å². The van der Waals surface area contributed by atoms with Crippen molar-refractivity contribution in [2.24, 2.45) is 5.73 Å². The largest absolute Gasteiger partial charge is 0.374 e. The zero-order chi connectivity index (χ0) is 15.0. The predicted molar refractivity (Wildman–Crippen MR) is 81.2 cm³/mol. The Balaban J connectivity index is 2.20. The highest BCUT2D eigenvalue weighted by atomic mass is 32.1. The van der Waals surface area contributed by atoms with E-state index in [2.05, 4.69) is 10.4 Å². The molecule has 0 aliphatic carbocycles. The number of benzene rings is 1. The Morgan fingerprint density at radius 3 is 2.86 bits per heavy atom. The second-order valence-electron chi connectivity index (χ2n) is 4.93. The lowest BCUT2D eigenvalue weighted by Gasteiger charge is -2.06. The molecule has 1 aliphatic rings. The molecular weight excluding hydrogens is 294 g/mol. The number of aromatic nitrogens is 2. The molecule has 0 saturated carbocycles. The van der Waals surface area contributed by atoms with Gasteiger partial charge < -0.3 is 11.1 Å². The van der Waals surface area contributed by atoms with Crippen LogP contribution in [0.5, 0.6) is 0 Å². The van der Waals surface area contributed by atoms with Crippen molar-refractivity contribution in [3.8, 4) is 11.3 Å². The first-order valence-corrected chi connectivity index (χ1v) is 7.09. The van der Waals surface area contributed by atoms with Crippen LogP contribution in [0.25, 0.3) is 11.3 Å². The normalized spacial score (nSPS) is 14.2. The second kappa shape index (κ2) is 5.40. The molecule has 3 N–H and O–H groups in total. The first kappa shape index (κ1) is 13.9. The molecule has 0 bridgehead atoms. The van der Waals surface area contributed by atoms with Gasteiger partial charge in [0.25, 0.3) is 0 Å². The smallest absolute Gasteiger partial charge is 0.193 e. The van der Waals surface area contributed by atoms with E-state index in [1.807, 2.05) is 0 Å². The average Bonchev–Trinajstić information content (AvgIpc) is 2.63. The van der Waals surface area contributed by atoms with E-state index in [1.165, 1.54) is 16.8 Å². The van der Waals surface area contributed by atoms with Crippen LogP contribution in [0.3, 0.4) is 0 Å². The molecule has 0 fully saturated rings. The highest BCUT2D eigenvalue weighted by Gasteiger charge is 2.23. The molecule has 2 aromatic rings. The highest BCUT2D eigenvalue weighted by molar-refractivity contribution is 7.80.